The van der Waals surface area contributed by atoms with E-state index in [9.17, 15) is 10.1 Å². The van der Waals surface area contributed by atoms with E-state index >= 15 is 0 Å². The topological polar surface area (TPSA) is 57.3 Å². The van der Waals surface area contributed by atoms with Crippen LogP contribution < -0.4 is 10.2 Å². The summed E-state index contributed by atoms with van der Waals surface area (Å²) < 4.78 is 0. The number of carbonyl (C=O) groups excluding carboxylic acids is 1. The fourth-order valence-corrected chi connectivity index (χ4v) is 3.51. The molecule has 1 saturated carbocycles. The number of amides is 1. The van der Waals surface area contributed by atoms with Crippen molar-refractivity contribution in [2.75, 3.05) is 19.6 Å². The SMILES string of the molecule is C[C@H]1C[C@H](C)C[NH+](CC(=O)N[C@@](C)(C#N)C2CC2)C1. The number of hydrogen-bond acceptors (Lipinski definition) is 2. The van der Waals surface area contributed by atoms with Gasteiger partial charge in [-0.2, -0.15) is 5.26 Å². The first-order chi connectivity index (χ1) is 8.93. The summed E-state index contributed by atoms with van der Waals surface area (Å²) in [6, 6.07) is 2.28. The van der Waals surface area contributed by atoms with E-state index in [-0.39, 0.29) is 5.91 Å². The van der Waals surface area contributed by atoms with Crippen LogP contribution in [-0.2, 0) is 4.79 Å². The Labute approximate surface area is 116 Å². The van der Waals surface area contributed by atoms with Crippen molar-refractivity contribution >= 4 is 5.91 Å². The lowest BCUT2D eigenvalue weighted by Crippen LogP contribution is -3.15. The molecule has 0 aromatic heterocycles. The van der Waals surface area contributed by atoms with Crippen LogP contribution in [-0.4, -0.2) is 31.1 Å². The van der Waals surface area contributed by atoms with E-state index in [1.807, 2.05) is 6.92 Å². The number of nitrogens with zero attached hydrogens (tertiary/aromatic N) is 1. The van der Waals surface area contributed by atoms with Crippen molar-refractivity contribution in [1.82, 2.24) is 5.32 Å². The predicted molar refractivity (Wildman–Crippen MR) is 73.4 cm³/mol. The van der Waals surface area contributed by atoms with Crippen LogP contribution in [0.5, 0.6) is 0 Å². The summed E-state index contributed by atoms with van der Waals surface area (Å²) in [5.74, 6) is 1.78. The van der Waals surface area contributed by atoms with Crippen LogP contribution >= 0.6 is 0 Å². The number of piperidine rings is 1. The van der Waals surface area contributed by atoms with Gasteiger partial charge in [-0.05, 0) is 32.1 Å². The normalized spacial score (nSPS) is 34.1. The Bertz CT molecular complexity index is 375. The van der Waals surface area contributed by atoms with Crippen LogP contribution in [0.3, 0.4) is 0 Å². The molecule has 0 bridgehead atoms. The smallest absolute Gasteiger partial charge is 0.276 e. The summed E-state index contributed by atoms with van der Waals surface area (Å²) in [5, 5.41) is 12.2. The quantitative estimate of drug-likeness (QED) is 0.770. The summed E-state index contributed by atoms with van der Waals surface area (Å²) in [6.45, 7) is 9.04. The molecule has 3 atom stereocenters. The van der Waals surface area contributed by atoms with Gasteiger partial charge in [0, 0.05) is 11.8 Å². The minimum atomic E-state index is -0.649. The number of quaternary nitrogens is 1. The molecule has 2 rings (SSSR count). The molecule has 19 heavy (non-hydrogen) atoms. The summed E-state index contributed by atoms with van der Waals surface area (Å²) in [7, 11) is 0. The average molecular weight is 264 g/mol. The number of nitrogens with one attached hydrogen (secondary N) is 2. The monoisotopic (exact) mass is 264 g/mol. The van der Waals surface area contributed by atoms with Gasteiger partial charge in [-0.15, -0.1) is 0 Å². The minimum absolute atomic E-state index is 0.0345. The molecule has 106 valence electrons. The van der Waals surface area contributed by atoms with Crippen molar-refractivity contribution in [3.05, 3.63) is 0 Å². The number of hydrogen-bond donors (Lipinski definition) is 2. The van der Waals surface area contributed by atoms with Crippen molar-refractivity contribution in [3.63, 3.8) is 0 Å². The van der Waals surface area contributed by atoms with E-state index in [0.29, 0.717) is 24.3 Å². The second kappa shape index (κ2) is 5.50. The van der Waals surface area contributed by atoms with Crippen LogP contribution in [0.4, 0.5) is 0 Å². The van der Waals surface area contributed by atoms with Crippen LogP contribution in [0, 0.1) is 29.1 Å². The van der Waals surface area contributed by atoms with Gasteiger partial charge in [0.1, 0.15) is 5.54 Å². The zero-order chi connectivity index (χ0) is 14.0. The van der Waals surface area contributed by atoms with Gasteiger partial charge in [-0.3, -0.25) is 4.79 Å². The molecule has 4 heteroatoms. The molecule has 1 saturated heterocycles. The molecular weight excluding hydrogens is 238 g/mol. The van der Waals surface area contributed by atoms with E-state index < -0.39 is 5.54 Å². The summed E-state index contributed by atoms with van der Waals surface area (Å²) in [4.78, 5) is 13.5. The highest BCUT2D eigenvalue weighted by molar-refractivity contribution is 5.78. The van der Waals surface area contributed by atoms with Gasteiger partial charge in [0.15, 0.2) is 6.54 Å². The predicted octanol–water partition coefficient (Wildman–Crippen LogP) is 0.356. The highest BCUT2D eigenvalue weighted by atomic mass is 16.2. The van der Waals surface area contributed by atoms with E-state index in [0.717, 1.165) is 25.9 Å². The molecule has 4 nitrogen and oxygen atoms in total. The lowest BCUT2D eigenvalue weighted by molar-refractivity contribution is -0.904. The van der Waals surface area contributed by atoms with Crippen molar-refractivity contribution in [2.24, 2.45) is 17.8 Å². The molecule has 0 unspecified atom stereocenters. The highest BCUT2D eigenvalue weighted by Gasteiger charge is 2.43. The van der Waals surface area contributed by atoms with Crippen LogP contribution in [0.15, 0.2) is 0 Å². The Hall–Kier alpha value is -1.08. The molecular formula is C15H26N3O+. The van der Waals surface area contributed by atoms with Gasteiger partial charge in [-0.25, -0.2) is 0 Å². The second-order valence-electron chi connectivity index (χ2n) is 6.92. The van der Waals surface area contributed by atoms with Gasteiger partial charge >= 0.3 is 0 Å². The first kappa shape index (κ1) is 14.3. The Morgan fingerprint density at radius 3 is 2.42 bits per heavy atom. The fourth-order valence-electron chi connectivity index (χ4n) is 3.51. The van der Waals surface area contributed by atoms with Crippen molar-refractivity contribution in [3.8, 4) is 6.07 Å². The number of carbonyl (C=O) groups is 1. The molecule has 0 aromatic carbocycles. The standard InChI is InChI=1S/C15H25N3O/c1-11-6-12(2)8-18(7-11)9-14(19)17-15(3,10-16)13-4-5-13/h11-13H,4-9H2,1-3H3,(H,17,19)/p+1/t11-,12-,15-/m0/s1. The molecule has 1 amide bonds. The Morgan fingerprint density at radius 2 is 1.95 bits per heavy atom. The second-order valence-corrected chi connectivity index (χ2v) is 6.92. The van der Waals surface area contributed by atoms with Crippen LogP contribution in [0.1, 0.15) is 40.0 Å². The third kappa shape index (κ3) is 3.70. The molecule has 2 fully saturated rings. The van der Waals surface area contributed by atoms with Crippen molar-refractivity contribution < 1.29 is 9.69 Å². The van der Waals surface area contributed by atoms with Gasteiger partial charge in [0.2, 0.25) is 0 Å². The third-order valence-electron chi connectivity index (χ3n) is 4.51. The van der Waals surface area contributed by atoms with Gasteiger partial charge < -0.3 is 10.2 Å². The molecule has 1 heterocycles. The zero-order valence-corrected chi connectivity index (χ0v) is 12.3. The maximum atomic E-state index is 12.1. The first-order valence-electron chi connectivity index (χ1n) is 7.48. The number of rotatable bonds is 4. The van der Waals surface area contributed by atoms with E-state index in [4.69, 9.17) is 0 Å². The van der Waals surface area contributed by atoms with Gasteiger partial charge in [0.05, 0.1) is 19.2 Å². The lowest BCUT2D eigenvalue weighted by Gasteiger charge is -2.32. The summed E-state index contributed by atoms with van der Waals surface area (Å²) >= 11 is 0. The van der Waals surface area contributed by atoms with Crippen molar-refractivity contribution in [2.45, 2.75) is 45.6 Å². The van der Waals surface area contributed by atoms with Gasteiger partial charge in [0.25, 0.3) is 5.91 Å². The highest BCUT2D eigenvalue weighted by Crippen LogP contribution is 2.39. The average Bonchev–Trinajstić information content (AvgIpc) is 3.10. The molecule has 0 aromatic rings. The van der Waals surface area contributed by atoms with Gasteiger partial charge in [-0.1, -0.05) is 13.8 Å². The third-order valence-corrected chi connectivity index (χ3v) is 4.51. The van der Waals surface area contributed by atoms with Crippen molar-refractivity contribution in [1.29, 1.82) is 5.26 Å². The molecule has 1 aliphatic carbocycles. The molecule has 2 N–H and O–H groups in total. The number of nitriles is 1. The van der Waals surface area contributed by atoms with Crippen LogP contribution in [0.25, 0.3) is 0 Å². The Morgan fingerprint density at radius 1 is 1.37 bits per heavy atom. The molecule has 0 radical (unpaired) electrons. The van der Waals surface area contributed by atoms with E-state index in [2.05, 4.69) is 25.2 Å². The molecule has 1 aliphatic heterocycles. The summed E-state index contributed by atoms with van der Waals surface area (Å²) in [5.41, 5.74) is -0.649. The van der Waals surface area contributed by atoms with E-state index in [1.165, 1.54) is 11.3 Å². The molecule has 0 spiro atoms. The number of likely N-dealkylation sites (tertiary alicyclic amines) is 1. The maximum absolute atomic E-state index is 12.1. The minimum Gasteiger partial charge on any atom is -0.333 e. The summed E-state index contributed by atoms with van der Waals surface area (Å²) in [6.07, 6.45) is 3.40. The maximum Gasteiger partial charge on any atom is 0.276 e. The Kier molecular flexibility index (Phi) is 4.15. The Balaban J connectivity index is 1.85. The largest absolute Gasteiger partial charge is 0.333 e. The van der Waals surface area contributed by atoms with E-state index in [1.54, 1.807) is 0 Å². The lowest BCUT2D eigenvalue weighted by atomic mass is 9.92. The fraction of sp³-hybridized carbons (Fsp3) is 0.867. The zero-order valence-electron chi connectivity index (χ0n) is 12.3. The van der Waals surface area contributed by atoms with Crippen LogP contribution in [0.2, 0.25) is 0 Å². The first-order valence-corrected chi connectivity index (χ1v) is 7.48. The molecule has 2 aliphatic rings.